The van der Waals surface area contributed by atoms with Gasteiger partial charge in [-0.1, -0.05) is 27.4 Å². The van der Waals surface area contributed by atoms with Crippen LogP contribution in [-0.2, 0) is 4.79 Å². The van der Waals surface area contributed by atoms with Crippen LogP contribution >= 0.6 is 0 Å². The number of hydrogen-bond donors (Lipinski definition) is 1. The van der Waals surface area contributed by atoms with Gasteiger partial charge in [0.15, 0.2) is 0 Å². The van der Waals surface area contributed by atoms with Crippen molar-refractivity contribution in [2.75, 3.05) is 6.61 Å². The van der Waals surface area contributed by atoms with Crippen LogP contribution in [0, 0.1) is 12.3 Å². The molecule has 0 aliphatic rings. The maximum absolute atomic E-state index is 8.80. The molecule has 0 aromatic rings. The maximum Gasteiger partial charge on any atom is 2.00 e. The van der Waals surface area contributed by atoms with Gasteiger partial charge in [-0.15, -0.1) is 0 Å². The first-order valence-electron chi connectivity index (χ1n) is 2.73. The van der Waals surface area contributed by atoms with Gasteiger partial charge in [0.1, 0.15) is 0 Å². The third-order valence-corrected chi connectivity index (χ3v) is 0.0645. The minimum atomic E-state index is -0.486. The molecule has 0 amide bonds. The van der Waals surface area contributed by atoms with E-state index in [1.54, 1.807) is 0 Å². The van der Waals surface area contributed by atoms with Crippen molar-refractivity contribution in [3.8, 4) is 0 Å². The van der Waals surface area contributed by atoms with Gasteiger partial charge in [0.2, 0.25) is 0 Å². The van der Waals surface area contributed by atoms with Gasteiger partial charge in [0, 0.05) is 0 Å². The van der Waals surface area contributed by atoms with Crippen LogP contribution in [0.1, 0.15) is 20.8 Å². The van der Waals surface area contributed by atoms with Gasteiger partial charge >= 0.3 is 23.1 Å². The molecular formula is C7H14MgO2. The van der Waals surface area contributed by atoms with Crippen molar-refractivity contribution in [3.05, 3.63) is 6.92 Å². The summed E-state index contributed by atoms with van der Waals surface area (Å²) in [7, 11) is 0. The topological polar surface area (TPSA) is 37.3 Å². The molecule has 0 spiro atoms. The van der Waals surface area contributed by atoms with Crippen molar-refractivity contribution in [3.63, 3.8) is 0 Å². The maximum atomic E-state index is 8.80. The standard InChI is InChI=1S/C5H11.C2H3O2.Mg/c1-5(2,3)4;3-1-2-4;/h1H2,2-4H3;3H,1H2;/q2*-1;+2. The molecule has 0 atom stereocenters. The Kier molecular flexibility index (Phi) is 15.8. The van der Waals surface area contributed by atoms with Crippen LogP contribution in [-0.4, -0.2) is 41.1 Å². The Hall–Kier alpha value is 0.396. The average molecular weight is 154 g/mol. The minimum Gasteiger partial charge on any atom is -0.540 e. The Balaban J connectivity index is -0.0000000910. The Morgan fingerprint density at radius 3 is 1.60 bits per heavy atom. The predicted molar refractivity (Wildman–Crippen MR) is 43.3 cm³/mol. The molecule has 3 heteroatoms. The van der Waals surface area contributed by atoms with E-state index in [2.05, 4.69) is 27.7 Å². The second kappa shape index (κ2) is 9.40. The number of aliphatic hydroxyl groups is 1. The first kappa shape index (κ1) is 16.8. The van der Waals surface area contributed by atoms with E-state index in [1.807, 2.05) is 0 Å². The first-order valence-corrected chi connectivity index (χ1v) is 2.73. The molecule has 0 fully saturated rings. The van der Waals surface area contributed by atoms with E-state index in [0.29, 0.717) is 0 Å². The zero-order chi connectivity index (χ0) is 7.91. The van der Waals surface area contributed by atoms with Crippen LogP contribution < -0.4 is 0 Å². The van der Waals surface area contributed by atoms with E-state index in [-0.39, 0.29) is 28.5 Å². The molecule has 0 unspecified atom stereocenters. The number of hydrogen-bond acceptors (Lipinski definition) is 2. The molecule has 10 heavy (non-hydrogen) atoms. The van der Waals surface area contributed by atoms with E-state index in [0.717, 1.165) is 0 Å². The molecule has 1 N–H and O–H groups in total. The van der Waals surface area contributed by atoms with Crippen LogP contribution in [0.15, 0.2) is 0 Å². The number of rotatable bonds is 1. The van der Waals surface area contributed by atoms with E-state index in [1.165, 1.54) is 6.29 Å². The molecule has 2 nitrogen and oxygen atoms in total. The fourth-order valence-corrected chi connectivity index (χ4v) is 0. The van der Waals surface area contributed by atoms with Crippen molar-refractivity contribution in [2.45, 2.75) is 20.8 Å². The molecule has 0 rings (SSSR count). The van der Waals surface area contributed by atoms with Crippen LogP contribution in [0.3, 0.4) is 0 Å². The number of aliphatic hydroxyl groups excluding tert-OH is 1. The van der Waals surface area contributed by atoms with Gasteiger partial charge in [-0.25, -0.2) is 6.29 Å². The molecule has 0 saturated heterocycles. The van der Waals surface area contributed by atoms with Crippen molar-refractivity contribution in [2.24, 2.45) is 5.41 Å². The summed E-state index contributed by atoms with van der Waals surface area (Å²) in [6, 6.07) is 0. The smallest absolute Gasteiger partial charge is 0.540 e. The normalized spacial score (nSPS) is 8.50. The first-order chi connectivity index (χ1) is 3.91. The SMILES string of the molecule is O=[C-]CO.[CH2-]C(C)(C)C.[Mg+2]. The van der Waals surface area contributed by atoms with E-state index in [9.17, 15) is 0 Å². The average Bonchev–Trinajstić information content (AvgIpc) is 1.61. The molecule has 0 radical (unpaired) electrons. The van der Waals surface area contributed by atoms with Crippen molar-refractivity contribution >= 4 is 29.3 Å². The summed E-state index contributed by atoms with van der Waals surface area (Å²) in [5, 5.41) is 7.45. The Bertz CT molecular complexity index is 60.5. The molecule has 0 heterocycles. The Morgan fingerprint density at radius 2 is 1.60 bits per heavy atom. The molecule has 0 aromatic carbocycles. The van der Waals surface area contributed by atoms with Gasteiger partial charge in [-0.2, -0.15) is 5.41 Å². The van der Waals surface area contributed by atoms with E-state index < -0.39 is 6.61 Å². The zero-order valence-corrected chi connectivity index (χ0v) is 8.39. The summed E-state index contributed by atoms with van der Waals surface area (Å²) in [4.78, 5) is 8.80. The molecule has 0 bridgehead atoms. The van der Waals surface area contributed by atoms with Gasteiger partial charge in [-0.05, 0) is 0 Å². The fraction of sp³-hybridized carbons (Fsp3) is 0.714. The summed E-state index contributed by atoms with van der Waals surface area (Å²) < 4.78 is 0. The van der Waals surface area contributed by atoms with E-state index in [4.69, 9.17) is 9.90 Å². The summed E-state index contributed by atoms with van der Waals surface area (Å²) in [5.41, 5.74) is 0.250. The summed E-state index contributed by atoms with van der Waals surface area (Å²) in [6.45, 7) is 9.51. The quantitative estimate of drug-likeness (QED) is 0.443. The minimum absolute atomic E-state index is 0. The van der Waals surface area contributed by atoms with Crippen LogP contribution in [0.4, 0.5) is 0 Å². The Labute approximate surface area is 79.2 Å². The second-order valence-corrected chi connectivity index (χ2v) is 2.86. The monoisotopic (exact) mass is 154 g/mol. The molecule has 0 aliphatic carbocycles. The third kappa shape index (κ3) is 236. The molecule has 0 saturated carbocycles. The van der Waals surface area contributed by atoms with E-state index >= 15 is 0 Å². The molecule has 0 aliphatic heterocycles. The van der Waals surface area contributed by atoms with Gasteiger partial charge in [0.05, 0.1) is 0 Å². The van der Waals surface area contributed by atoms with Gasteiger partial charge < -0.3 is 16.8 Å². The van der Waals surface area contributed by atoms with Gasteiger partial charge in [-0.3, -0.25) is 0 Å². The van der Waals surface area contributed by atoms with Crippen LogP contribution in [0.25, 0.3) is 0 Å². The van der Waals surface area contributed by atoms with Crippen molar-refractivity contribution in [1.29, 1.82) is 0 Å². The largest absolute Gasteiger partial charge is 2.00 e. The molecular weight excluding hydrogens is 140 g/mol. The van der Waals surface area contributed by atoms with Crippen LogP contribution in [0.5, 0.6) is 0 Å². The predicted octanol–water partition coefficient (Wildman–Crippen LogP) is 0.574. The van der Waals surface area contributed by atoms with Crippen LogP contribution in [0.2, 0.25) is 0 Å². The second-order valence-electron chi connectivity index (χ2n) is 2.86. The summed E-state index contributed by atoms with van der Waals surface area (Å²) >= 11 is 0. The molecule has 56 valence electrons. The third-order valence-electron chi connectivity index (χ3n) is 0.0645. The summed E-state index contributed by atoms with van der Waals surface area (Å²) in [6.07, 6.45) is 1.24. The summed E-state index contributed by atoms with van der Waals surface area (Å²) in [5.74, 6) is 0. The Morgan fingerprint density at radius 1 is 1.50 bits per heavy atom. The van der Waals surface area contributed by atoms with Crippen molar-refractivity contribution in [1.82, 2.24) is 0 Å². The number of carbonyl (C=O) groups excluding carboxylic acids is 1. The zero-order valence-electron chi connectivity index (χ0n) is 6.98. The molecule has 0 aromatic heterocycles. The van der Waals surface area contributed by atoms with Gasteiger partial charge in [0.25, 0.3) is 0 Å². The van der Waals surface area contributed by atoms with Crippen molar-refractivity contribution < 1.29 is 9.90 Å². The fourth-order valence-electron chi connectivity index (χ4n) is 0.